The normalized spacial score (nSPS) is 12.6. The smallest absolute Gasteiger partial charge is 0.241 e. The van der Waals surface area contributed by atoms with Crippen LogP contribution < -0.4 is 4.90 Å². The van der Waals surface area contributed by atoms with Gasteiger partial charge < -0.3 is 10.0 Å². The number of aliphatic hydroxyl groups excluding tert-OH is 1. The number of carbonyl (C=O) groups excluding carboxylic acids is 1. The second-order valence-electron chi connectivity index (χ2n) is 7.58. The second-order valence-corrected chi connectivity index (χ2v) is 7.58. The summed E-state index contributed by atoms with van der Waals surface area (Å²) in [5.74, 6) is 0.293. The maximum atomic E-state index is 13.2. The first kappa shape index (κ1) is 21.1. The number of aliphatic hydroxyl groups is 1. The van der Waals surface area contributed by atoms with E-state index in [1.54, 1.807) is 0 Å². The van der Waals surface area contributed by atoms with E-state index >= 15 is 0 Å². The lowest BCUT2D eigenvalue weighted by atomic mass is 10.0. The van der Waals surface area contributed by atoms with E-state index in [1.807, 2.05) is 67.3 Å². The van der Waals surface area contributed by atoms with Gasteiger partial charge in [0.05, 0.1) is 13.2 Å². The van der Waals surface area contributed by atoms with Crippen LogP contribution in [0.5, 0.6) is 0 Å². The first-order valence-electron chi connectivity index (χ1n) is 9.70. The molecule has 1 atom stereocenters. The lowest BCUT2D eigenvalue weighted by Crippen LogP contribution is -2.49. The van der Waals surface area contributed by atoms with Crippen LogP contribution in [0, 0.1) is 5.92 Å². The molecule has 4 nitrogen and oxygen atoms in total. The number of nitrogens with zero attached hydrogens (tertiary/aromatic N) is 2. The Bertz CT molecular complexity index is 686. The molecule has 1 N–H and O–H groups in total. The minimum absolute atomic E-state index is 0.0325. The van der Waals surface area contributed by atoms with E-state index in [9.17, 15) is 9.90 Å². The first-order chi connectivity index (χ1) is 12.9. The fraction of sp³-hybridized carbons (Fsp3) is 0.435. The molecular weight excluding hydrogens is 336 g/mol. The minimum Gasteiger partial charge on any atom is -0.395 e. The molecule has 27 heavy (non-hydrogen) atoms. The summed E-state index contributed by atoms with van der Waals surface area (Å²) in [5, 5.41) is 9.96. The fourth-order valence-electron chi connectivity index (χ4n) is 3.42. The molecule has 0 saturated carbocycles. The van der Waals surface area contributed by atoms with Crippen LogP contribution in [0.3, 0.4) is 0 Å². The summed E-state index contributed by atoms with van der Waals surface area (Å²) in [5.41, 5.74) is 2.04. The molecule has 0 spiro atoms. The summed E-state index contributed by atoms with van der Waals surface area (Å²) in [4.78, 5) is 17.2. The third kappa shape index (κ3) is 5.91. The highest BCUT2D eigenvalue weighted by Gasteiger charge is 2.27. The standard InChI is InChI=1S/C23H32N2O2/c1-18(2)22(17-26)24(15-20-11-7-5-8-12-20)16-23(27)25(19(3)4)21-13-9-6-10-14-21/h5-14,18-19,22,26H,15-17H2,1-4H3. The maximum Gasteiger partial charge on any atom is 0.241 e. The van der Waals surface area contributed by atoms with Gasteiger partial charge in [0, 0.05) is 24.3 Å². The highest BCUT2D eigenvalue weighted by atomic mass is 16.3. The lowest BCUT2D eigenvalue weighted by Gasteiger charge is -2.35. The molecule has 1 unspecified atom stereocenters. The molecule has 0 aliphatic carbocycles. The van der Waals surface area contributed by atoms with Crippen LogP contribution >= 0.6 is 0 Å². The van der Waals surface area contributed by atoms with E-state index in [0.717, 1.165) is 11.3 Å². The molecular formula is C23H32N2O2. The molecule has 2 rings (SSSR count). The SMILES string of the molecule is CC(C)C(CO)N(CC(=O)N(c1ccccc1)C(C)C)Cc1ccccc1. The Kier molecular flexibility index (Phi) is 8.01. The van der Waals surface area contributed by atoms with E-state index < -0.39 is 0 Å². The molecule has 0 aliphatic rings. The van der Waals surface area contributed by atoms with Gasteiger partial charge in [-0.1, -0.05) is 62.4 Å². The number of benzene rings is 2. The summed E-state index contributed by atoms with van der Waals surface area (Å²) in [6.07, 6.45) is 0. The molecule has 146 valence electrons. The zero-order chi connectivity index (χ0) is 19.8. The van der Waals surface area contributed by atoms with Crippen LogP contribution in [0.15, 0.2) is 60.7 Å². The van der Waals surface area contributed by atoms with Crippen LogP contribution in [0.25, 0.3) is 0 Å². The minimum atomic E-state index is -0.0704. The molecule has 0 bridgehead atoms. The molecule has 1 amide bonds. The van der Waals surface area contributed by atoms with Crippen molar-refractivity contribution in [1.82, 2.24) is 4.90 Å². The Labute approximate surface area is 163 Å². The number of hydrogen-bond acceptors (Lipinski definition) is 3. The van der Waals surface area contributed by atoms with Crippen molar-refractivity contribution < 1.29 is 9.90 Å². The molecule has 0 aliphatic heterocycles. The van der Waals surface area contributed by atoms with Gasteiger partial charge in [-0.3, -0.25) is 9.69 Å². The van der Waals surface area contributed by atoms with Gasteiger partial charge in [-0.2, -0.15) is 0 Å². The monoisotopic (exact) mass is 368 g/mol. The predicted octanol–water partition coefficient (Wildman–Crippen LogP) is 3.95. The molecule has 4 heteroatoms. The van der Waals surface area contributed by atoms with Gasteiger partial charge >= 0.3 is 0 Å². The Morgan fingerprint density at radius 1 is 0.926 bits per heavy atom. The van der Waals surface area contributed by atoms with Crippen LogP contribution in [-0.2, 0) is 11.3 Å². The summed E-state index contributed by atoms with van der Waals surface area (Å²) in [7, 11) is 0. The van der Waals surface area contributed by atoms with Crippen LogP contribution in [0.4, 0.5) is 5.69 Å². The van der Waals surface area contributed by atoms with E-state index in [0.29, 0.717) is 6.54 Å². The first-order valence-corrected chi connectivity index (χ1v) is 9.70. The van der Waals surface area contributed by atoms with E-state index in [1.165, 1.54) is 0 Å². The Balaban J connectivity index is 2.25. The molecule has 0 aromatic heterocycles. The summed E-state index contributed by atoms with van der Waals surface area (Å²) in [6, 6.07) is 19.9. The van der Waals surface area contributed by atoms with Gasteiger partial charge in [0.25, 0.3) is 0 Å². The molecule has 0 fully saturated rings. The van der Waals surface area contributed by atoms with Crippen molar-refractivity contribution in [3.05, 3.63) is 66.2 Å². The molecule has 2 aromatic rings. The van der Waals surface area contributed by atoms with Gasteiger partial charge in [-0.05, 0) is 37.5 Å². The number of amides is 1. The van der Waals surface area contributed by atoms with Crippen LogP contribution in [0.1, 0.15) is 33.3 Å². The second kappa shape index (κ2) is 10.2. The summed E-state index contributed by atoms with van der Waals surface area (Å²) < 4.78 is 0. The molecule has 0 saturated heterocycles. The van der Waals surface area contributed by atoms with Gasteiger partial charge in [0.2, 0.25) is 5.91 Å². The van der Waals surface area contributed by atoms with Crippen LogP contribution in [-0.4, -0.2) is 41.1 Å². The van der Waals surface area contributed by atoms with Crippen molar-refractivity contribution in [2.45, 2.75) is 46.3 Å². The molecule has 0 radical (unpaired) electrons. The Hall–Kier alpha value is -2.17. The number of para-hydroxylation sites is 1. The third-order valence-electron chi connectivity index (χ3n) is 4.81. The summed E-state index contributed by atoms with van der Waals surface area (Å²) in [6.45, 7) is 9.16. The molecule has 2 aromatic carbocycles. The summed E-state index contributed by atoms with van der Waals surface area (Å²) >= 11 is 0. The average Bonchev–Trinajstić information content (AvgIpc) is 2.63. The van der Waals surface area contributed by atoms with E-state index in [-0.39, 0.29) is 37.1 Å². The van der Waals surface area contributed by atoms with Crippen molar-refractivity contribution in [3.8, 4) is 0 Å². The van der Waals surface area contributed by atoms with Gasteiger partial charge in [-0.25, -0.2) is 0 Å². The number of anilines is 1. The van der Waals surface area contributed by atoms with Gasteiger partial charge in [-0.15, -0.1) is 0 Å². The lowest BCUT2D eigenvalue weighted by molar-refractivity contribution is -0.121. The zero-order valence-electron chi connectivity index (χ0n) is 16.9. The van der Waals surface area contributed by atoms with E-state index in [2.05, 4.69) is 30.9 Å². The number of carbonyl (C=O) groups is 1. The van der Waals surface area contributed by atoms with Gasteiger partial charge in [0.1, 0.15) is 0 Å². The number of hydrogen-bond donors (Lipinski definition) is 1. The van der Waals surface area contributed by atoms with Gasteiger partial charge in [0.15, 0.2) is 0 Å². The zero-order valence-corrected chi connectivity index (χ0v) is 16.9. The van der Waals surface area contributed by atoms with Crippen molar-refractivity contribution in [1.29, 1.82) is 0 Å². The third-order valence-corrected chi connectivity index (χ3v) is 4.81. The quantitative estimate of drug-likeness (QED) is 0.729. The topological polar surface area (TPSA) is 43.8 Å². The largest absolute Gasteiger partial charge is 0.395 e. The Morgan fingerprint density at radius 3 is 1.96 bits per heavy atom. The highest BCUT2D eigenvalue weighted by molar-refractivity contribution is 5.95. The fourth-order valence-corrected chi connectivity index (χ4v) is 3.42. The van der Waals surface area contributed by atoms with E-state index in [4.69, 9.17) is 0 Å². The molecule has 0 heterocycles. The predicted molar refractivity (Wildman–Crippen MR) is 112 cm³/mol. The number of rotatable bonds is 9. The van der Waals surface area contributed by atoms with Crippen LogP contribution in [0.2, 0.25) is 0 Å². The average molecular weight is 369 g/mol. The maximum absolute atomic E-state index is 13.2. The highest BCUT2D eigenvalue weighted by Crippen LogP contribution is 2.20. The van der Waals surface area contributed by atoms with Crippen molar-refractivity contribution >= 4 is 11.6 Å². The Morgan fingerprint density at radius 2 is 1.48 bits per heavy atom. The van der Waals surface area contributed by atoms with Crippen molar-refractivity contribution in [2.75, 3.05) is 18.1 Å². The van der Waals surface area contributed by atoms with Crippen molar-refractivity contribution in [3.63, 3.8) is 0 Å². The van der Waals surface area contributed by atoms with Crippen molar-refractivity contribution in [2.24, 2.45) is 5.92 Å².